The first-order valence-electron chi connectivity index (χ1n) is 8.54. The lowest BCUT2D eigenvalue weighted by molar-refractivity contribution is -0.121. The molecule has 0 radical (unpaired) electrons. The number of amides is 2. The molecule has 1 N–H and O–H groups in total. The van der Waals surface area contributed by atoms with Crippen LogP contribution < -0.4 is 5.32 Å². The molecule has 0 bridgehead atoms. The Bertz CT molecular complexity index is 928. The molecule has 1 heterocycles. The molecule has 0 aromatic heterocycles. The summed E-state index contributed by atoms with van der Waals surface area (Å²) in [5.74, 6) is -1.20. The molecular weight excluding hydrogens is 368 g/mol. The molecule has 0 unspecified atom stereocenters. The van der Waals surface area contributed by atoms with E-state index in [2.05, 4.69) is 5.32 Å². The van der Waals surface area contributed by atoms with Gasteiger partial charge in [-0.05, 0) is 24.1 Å². The molecule has 1 aliphatic rings. The fourth-order valence-electron chi connectivity index (χ4n) is 2.74. The number of nitrogens with zero attached hydrogens (tertiary/aromatic N) is 1. The number of nitrogens with one attached hydrogen (secondary N) is 1. The van der Waals surface area contributed by atoms with Crippen molar-refractivity contribution in [3.8, 4) is 0 Å². The predicted molar refractivity (Wildman–Crippen MR) is 98.4 cm³/mol. The van der Waals surface area contributed by atoms with Crippen molar-refractivity contribution in [3.05, 3.63) is 65.7 Å². The second-order valence-electron chi connectivity index (χ2n) is 6.05. The number of carbonyl (C=O) groups excluding carboxylic acids is 2. The van der Waals surface area contributed by atoms with E-state index in [0.29, 0.717) is 30.5 Å². The van der Waals surface area contributed by atoms with Crippen LogP contribution in [0.25, 0.3) is 0 Å². The highest BCUT2D eigenvalue weighted by atomic mass is 32.2. The van der Waals surface area contributed by atoms with E-state index in [-0.39, 0.29) is 10.5 Å². The average Bonchev–Trinajstić information content (AvgIpc) is 2.86. The molecule has 3 rings (SSSR count). The van der Waals surface area contributed by atoms with Crippen molar-refractivity contribution in [3.63, 3.8) is 0 Å². The summed E-state index contributed by atoms with van der Waals surface area (Å²) in [5, 5.41) is 2.62. The lowest BCUT2D eigenvalue weighted by atomic mass is 10.2. The van der Waals surface area contributed by atoms with Gasteiger partial charge in [0.1, 0.15) is 11.4 Å². The Morgan fingerprint density at radius 3 is 2.48 bits per heavy atom. The third kappa shape index (κ3) is 4.35. The Morgan fingerprint density at radius 2 is 1.74 bits per heavy atom. The van der Waals surface area contributed by atoms with Gasteiger partial charge in [0.2, 0.25) is 5.91 Å². The first-order valence-corrected chi connectivity index (χ1v) is 9.98. The van der Waals surface area contributed by atoms with Gasteiger partial charge in [-0.2, -0.15) is 0 Å². The average molecular weight is 388 g/mol. The molecule has 0 saturated carbocycles. The molecule has 27 heavy (non-hydrogen) atoms. The molecule has 0 fully saturated rings. The van der Waals surface area contributed by atoms with E-state index in [1.165, 1.54) is 12.1 Å². The SMILES string of the molecule is O=C(CN1C(=O)c2ccccc2S1(=O)=O)NCCCOCc1ccccc1. The molecule has 1 aliphatic heterocycles. The Morgan fingerprint density at radius 1 is 1.04 bits per heavy atom. The quantitative estimate of drug-likeness (QED) is 0.693. The van der Waals surface area contributed by atoms with Crippen LogP contribution in [0.4, 0.5) is 0 Å². The topological polar surface area (TPSA) is 92.8 Å². The highest BCUT2D eigenvalue weighted by molar-refractivity contribution is 7.90. The monoisotopic (exact) mass is 388 g/mol. The highest BCUT2D eigenvalue weighted by Gasteiger charge is 2.41. The van der Waals surface area contributed by atoms with Gasteiger partial charge in [-0.3, -0.25) is 9.59 Å². The van der Waals surface area contributed by atoms with Crippen LogP contribution in [0.5, 0.6) is 0 Å². The maximum absolute atomic E-state index is 12.4. The maximum Gasteiger partial charge on any atom is 0.269 e. The third-order valence-corrected chi connectivity index (χ3v) is 5.89. The van der Waals surface area contributed by atoms with Crippen LogP contribution in [-0.2, 0) is 26.2 Å². The van der Waals surface area contributed by atoms with Crippen LogP contribution in [0.15, 0.2) is 59.5 Å². The Kier molecular flexibility index (Phi) is 5.88. The maximum atomic E-state index is 12.4. The van der Waals surface area contributed by atoms with E-state index in [0.717, 1.165) is 5.56 Å². The summed E-state index contributed by atoms with van der Waals surface area (Å²) in [7, 11) is -3.96. The van der Waals surface area contributed by atoms with Crippen LogP contribution in [-0.4, -0.2) is 44.2 Å². The molecule has 0 aliphatic carbocycles. The first-order chi connectivity index (χ1) is 13.0. The number of benzene rings is 2. The minimum absolute atomic E-state index is 0.0582. The standard InChI is InChI=1S/C19H20N2O5S/c22-18(20-11-6-12-26-14-15-7-2-1-3-8-15)13-21-19(23)16-9-4-5-10-17(16)27(21,24)25/h1-5,7-10H,6,11-14H2,(H,20,22). The summed E-state index contributed by atoms with van der Waals surface area (Å²) in [6, 6.07) is 15.7. The second-order valence-corrected chi connectivity index (χ2v) is 7.89. The summed E-state index contributed by atoms with van der Waals surface area (Å²) in [6.07, 6.45) is 0.583. The van der Waals surface area contributed by atoms with Crippen LogP contribution >= 0.6 is 0 Å². The number of rotatable bonds is 8. The Labute approximate surface area is 158 Å². The highest BCUT2D eigenvalue weighted by Crippen LogP contribution is 2.29. The number of carbonyl (C=O) groups is 2. The number of hydrogen-bond donors (Lipinski definition) is 1. The molecule has 2 aromatic carbocycles. The van der Waals surface area contributed by atoms with Gasteiger partial charge in [0.05, 0.1) is 12.2 Å². The molecule has 8 heteroatoms. The molecule has 7 nitrogen and oxygen atoms in total. The zero-order chi connectivity index (χ0) is 19.3. The second kappa shape index (κ2) is 8.32. The summed E-state index contributed by atoms with van der Waals surface area (Å²) in [4.78, 5) is 24.2. The molecule has 0 spiro atoms. The minimum Gasteiger partial charge on any atom is -0.377 e. The number of hydrogen-bond acceptors (Lipinski definition) is 5. The van der Waals surface area contributed by atoms with Gasteiger partial charge in [-0.25, -0.2) is 12.7 Å². The molecular formula is C19H20N2O5S. The normalized spacial score (nSPS) is 14.8. The van der Waals surface area contributed by atoms with Crippen molar-refractivity contribution < 1.29 is 22.7 Å². The van der Waals surface area contributed by atoms with Gasteiger partial charge in [-0.1, -0.05) is 42.5 Å². The minimum atomic E-state index is -3.96. The van der Waals surface area contributed by atoms with E-state index in [1.807, 2.05) is 30.3 Å². The van der Waals surface area contributed by atoms with Gasteiger partial charge < -0.3 is 10.1 Å². The van der Waals surface area contributed by atoms with Gasteiger partial charge in [-0.15, -0.1) is 0 Å². The van der Waals surface area contributed by atoms with Gasteiger partial charge in [0, 0.05) is 13.2 Å². The lowest BCUT2D eigenvalue weighted by Crippen LogP contribution is -2.40. The van der Waals surface area contributed by atoms with E-state index in [4.69, 9.17) is 4.74 Å². The predicted octanol–water partition coefficient (Wildman–Crippen LogP) is 1.55. The number of fused-ring (bicyclic) bond motifs is 1. The molecule has 0 atom stereocenters. The fourth-order valence-corrected chi connectivity index (χ4v) is 4.26. The summed E-state index contributed by atoms with van der Waals surface area (Å²) < 4.78 is 30.9. The summed E-state index contributed by atoms with van der Waals surface area (Å²) >= 11 is 0. The van der Waals surface area contributed by atoms with Crippen molar-refractivity contribution in [2.75, 3.05) is 19.7 Å². The molecule has 2 amide bonds. The third-order valence-electron chi connectivity index (χ3n) is 4.10. The van der Waals surface area contributed by atoms with Gasteiger partial charge in [0.15, 0.2) is 0 Å². The molecule has 0 saturated heterocycles. The largest absolute Gasteiger partial charge is 0.377 e. The van der Waals surface area contributed by atoms with Crippen molar-refractivity contribution in [1.82, 2.24) is 9.62 Å². The summed E-state index contributed by atoms with van der Waals surface area (Å²) in [6.45, 7) is 0.762. The van der Waals surface area contributed by atoms with Gasteiger partial charge in [0.25, 0.3) is 15.9 Å². The zero-order valence-corrected chi connectivity index (χ0v) is 15.4. The zero-order valence-electron chi connectivity index (χ0n) is 14.6. The molecule has 142 valence electrons. The molecule has 2 aromatic rings. The fraction of sp³-hybridized carbons (Fsp3) is 0.263. The first kappa shape index (κ1) is 19.1. The van der Waals surface area contributed by atoms with Crippen molar-refractivity contribution in [1.29, 1.82) is 0 Å². The Hall–Kier alpha value is -2.71. The van der Waals surface area contributed by atoms with E-state index < -0.39 is 28.4 Å². The number of ether oxygens (including phenoxy) is 1. The summed E-state index contributed by atoms with van der Waals surface area (Å²) in [5.41, 5.74) is 1.17. The van der Waals surface area contributed by atoms with Crippen LogP contribution in [0.3, 0.4) is 0 Å². The lowest BCUT2D eigenvalue weighted by Gasteiger charge is -2.14. The van der Waals surface area contributed by atoms with Crippen LogP contribution in [0.1, 0.15) is 22.3 Å². The van der Waals surface area contributed by atoms with Gasteiger partial charge >= 0.3 is 0 Å². The number of sulfonamides is 1. The van der Waals surface area contributed by atoms with Crippen LogP contribution in [0, 0.1) is 0 Å². The van der Waals surface area contributed by atoms with E-state index in [1.54, 1.807) is 12.1 Å². The van der Waals surface area contributed by atoms with Crippen molar-refractivity contribution >= 4 is 21.8 Å². The Balaban J connectivity index is 1.42. The van der Waals surface area contributed by atoms with Crippen molar-refractivity contribution in [2.24, 2.45) is 0 Å². The smallest absolute Gasteiger partial charge is 0.269 e. The van der Waals surface area contributed by atoms with E-state index in [9.17, 15) is 18.0 Å². The van der Waals surface area contributed by atoms with E-state index >= 15 is 0 Å². The van der Waals surface area contributed by atoms with Crippen molar-refractivity contribution in [2.45, 2.75) is 17.9 Å². The van der Waals surface area contributed by atoms with Crippen LogP contribution in [0.2, 0.25) is 0 Å².